The van der Waals surface area contributed by atoms with Gasteiger partial charge in [-0.05, 0) is 37.7 Å². The number of likely N-dealkylation sites (tertiary alicyclic amines) is 1. The van der Waals surface area contributed by atoms with Crippen LogP contribution >= 0.6 is 0 Å². The van der Waals surface area contributed by atoms with E-state index in [1.807, 2.05) is 18.2 Å². The second-order valence-corrected chi connectivity index (χ2v) is 6.77. The van der Waals surface area contributed by atoms with Gasteiger partial charge < -0.3 is 20.3 Å². The lowest BCUT2D eigenvalue weighted by Gasteiger charge is -2.33. The number of nitrogens with zero attached hydrogens (tertiary/aromatic N) is 1. The molecule has 0 aliphatic carbocycles. The van der Waals surface area contributed by atoms with Crippen molar-refractivity contribution >= 4 is 11.9 Å². The summed E-state index contributed by atoms with van der Waals surface area (Å²) in [6.45, 7) is 2.65. The zero-order valence-electron chi connectivity index (χ0n) is 14.6. The van der Waals surface area contributed by atoms with Gasteiger partial charge in [-0.15, -0.1) is 0 Å². The normalized spacial score (nSPS) is 22.2. The summed E-state index contributed by atoms with van der Waals surface area (Å²) in [4.78, 5) is 26.1. The third-order valence-corrected chi connectivity index (χ3v) is 4.89. The number of rotatable bonds is 4. The van der Waals surface area contributed by atoms with E-state index in [1.165, 1.54) is 5.56 Å². The van der Waals surface area contributed by atoms with Crippen molar-refractivity contribution in [2.24, 2.45) is 0 Å². The highest BCUT2D eigenvalue weighted by Crippen LogP contribution is 2.16. The van der Waals surface area contributed by atoms with Crippen molar-refractivity contribution in [1.82, 2.24) is 15.5 Å². The van der Waals surface area contributed by atoms with Crippen molar-refractivity contribution in [3.8, 4) is 0 Å². The Hall–Kier alpha value is -2.08. The lowest BCUT2D eigenvalue weighted by atomic mass is 10.1. The quantitative estimate of drug-likeness (QED) is 0.877. The highest BCUT2D eigenvalue weighted by Gasteiger charge is 2.27. The van der Waals surface area contributed by atoms with Gasteiger partial charge in [-0.2, -0.15) is 0 Å². The molecular formula is C19H27N3O3. The van der Waals surface area contributed by atoms with Crippen molar-refractivity contribution in [1.29, 1.82) is 0 Å². The molecule has 1 unspecified atom stereocenters. The Morgan fingerprint density at radius 1 is 1.16 bits per heavy atom. The summed E-state index contributed by atoms with van der Waals surface area (Å²) in [5, 5.41) is 5.74. The fourth-order valence-electron chi connectivity index (χ4n) is 3.33. The predicted octanol–water partition coefficient (Wildman–Crippen LogP) is 2.05. The Kier molecular flexibility index (Phi) is 6.28. The van der Waals surface area contributed by atoms with E-state index in [0.717, 1.165) is 25.7 Å². The summed E-state index contributed by atoms with van der Waals surface area (Å²) in [5.74, 6) is -0.0630. The molecule has 2 fully saturated rings. The maximum Gasteiger partial charge on any atom is 0.318 e. The Morgan fingerprint density at radius 3 is 2.68 bits per heavy atom. The lowest BCUT2D eigenvalue weighted by molar-refractivity contribution is -0.122. The highest BCUT2D eigenvalue weighted by atomic mass is 16.5. The van der Waals surface area contributed by atoms with Crippen molar-refractivity contribution in [2.75, 3.05) is 19.6 Å². The van der Waals surface area contributed by atoms with Gasteiger partial charge in [0.2, 0.25) is 5.91 Å². The van der Waals surface area contributed by atoms with E-state index in [4.69, 9.17) is 4.74 Å². The molecule has 2 aliphatic rings. The molecule has 1 atom stereocenters. The third kappa shape index (κ3) is 5.19. The van der Waals surface area contributed by atoms with Crippen molar-refractivity contribution in [2.45, 2.75) is 50.9 Å². The SMILES string of the molecule is O=C1NCCCCC1NC(=O)N1CCC(OCc2ccccc2)CC1. The van der Waals surface area contributed by atoms with E-state index in [-0.39, 0.29) is 18.0 Å². The van der Waals surface area contributed by atoms with Gasteiger partial charge in [0.1, 0.15) is 6.04 Å². The molecule has 0 radical (unpaired) electrons. The van der Waals surface area contributed by atoms with E-state index in [0.29, 0.717) is 32.7 Å². The number of nitrogens with one attached hydrogen (secondary N) is 2. The average Bonchev–Trinajstić information content (AvgIpc) is 2.86. The number of amides is 3. The highest BCUT2D eigenvalue weighted by molar-refractivity contribution is 5.87. The third-order valence-electron chi connectivity index (χ3n) is 4.89. The molecule has 6 heteroatoms. The number of hydrogen-bond acceptors (Lipinski definition) is 3. The molecule has 2 aliphatic heterocycles. The molecule has 136 valence electrons. The minimum Gasteiger partial charge on any atom is -0.373 e. The van der Waals surface area contributed by atoms with Crippen LogP contribution < -0.4 is 10.6 Å². The van der Waals surface area contributed by atoms with E-state index >= 15 is 0 Å². The molecule has 6 nitrogen and oxygen atoms in total. The topological polar surface area (TPSA) is 70.7 Å². The van der Waals surface area contributed by atoms with Gasteiger partial charge in [-0.3, -0.25) is 4.79 Å². The van der Waals surface area contributed by atoms with Gasteiger partial charge in [0, 0.05) is 19.6 Å². The molecule has 1 aromatic rings. The van der Waals surface area contributed by atoms with Crippen LogP contribution in [0.15, 0.2) is 30.3 Å². The number of carbonyl (C=O) groups excluding carboxylic acids is 2. The largest absolute Gasteiger partial charge is 0.373 e. The molecular weight excluding hydrogens is 318 g/mol. The number of ether oxygens (including phenoxy) is 1. The number of carbonyl (C=O) groups is 2. The summed E-state index contributed by atoms with van der Waals surface area (Å²) >= 11 is 0. The standard InChI is InChI=1S/C19H27N3O3/c23-18-17(8-4-5-11-20-18)21-19(24)22-12-9-16(10-13-22)25-14-15-6-2-1-3-7-15/h1-3,6-7,16-17H,4-5,8-14H2,(H,20,23)(H,21,24). The van der Waals surface area contributed by atoms with Crippen LogP contribution in [0.3, 0.4) is 0 Å². The van der Waals surface area contributed by atoms with Crippen LogP contribution in [0, 0.1) is 0 Å². The smallest absolute Gasteiger partial charge is 0.318 e. The zero-order valence-corrected chi connectivity index (χ0v) is 14.6. The number of hydrogen-bond donors (Lipinski definition) is 2. The summed E-state index contributed by atoms with van der Waals surface area (Å²) in [6, 6.07) is 9.59. The average molecular weight is 345 g/mol. The van der Waals surface area contributed by atoms with Crippen LogP contribution in [-0.2, 0) is 16.1 Å². The first kappa shape index (κ1) is 17.7. The predicted molar refractivity (Wildman–Crippen MR) is 95.0 cm³/mol. The number of benzene rings is 1. The van der Waals surface area contributed by atoms with Crippen molar-refractivity contribution in [3.05, 3.63) is 35.9 Å². The Morgan fingerprint density at radius 2 is 1.92 bits per heavy atom. The molecule has 0 bridgehead atoms. The summed E-state index contributed by atoms with van der Waals surface area (Å²) in [6.07, 6.45) is 4.49. The molecule has 3 amide bonds. The fourth-order valence-corrected chi connectivity index (χ4v) is 3.33. The minimum absolute atomic E-state index is 0.0630. The number of urea groups is 1. The number of piperidine rings is 1. The Balaban J connectivity index is 1.40. The first-order chi connectivity index (χ1) is 12.2. The first-order valence-corrected chi connectivity index (χ1v) is 9.21. The van der Waals surface area contributed by atoms with Gasteiger partial charge in [0.05, 0.1) is 12.7 Å². The summed E-state index contributed by atoms with van der Waals surface area (Å²) < 4.78 is 5.96. The monoisotopic (exact) mass is 345 g/mol. The zero-order chi connectivity index (χ0) is 17.5. The van der Waals surface area contributed by atoms with Crippen LogP contribution in [0.2, 0.25) is 0 Å². The molecule has 0 spiro atoms. The minimum atomic E-state index is -0.401. The molecule has 0 saturated carbocycles. The van der Waals surface area contributed by atoms with Gasteiger partial charge >= 0.3 is 6.03 Å². The van der Waals surface area contributed by atoms with Crippen LogP contribution in [0.1, 0.15) is 37.7 Å². The van der Waals surface area contributed by atoms with Crippen molar-refractivity contribution < 1.29 is 14.3 Å². The Bertz CT molecular complexity index is 571. The molecule has 3 rings (SSSR count). The molecule has 0 aromatic heterocycles. The summed E-state index contributed by atoms with van der Waals surface area (Å²) in [5.41, 5.74) is 1.17. The molecule has 2 N–H and O–H groups in total. The maximum absolute atomic E-state index is 12.4. The van der Waals surface area contributed by atoms with Crippen LogP contribution in [-0.4, -0.2) is 48.6 Å². The summed E-state index contributed by atoms with van der Waals surface area (Å²) in [7, 11) is 0. The van der Waals surface area contributed by atoms with Gasteiger partial charge in [-0.25, -0.2) is 4.79 Å². The van der Waals surface area contributed by atoms with Crippen LogP contribution in [0.25, 0.3) is 0 Å². The van der Waals surface area contributed by atoms with Crippen molar-refractivity contribution in [3.63, 3.8) is 0 Å². The van der Waals surface area contributed by atoms with Gasteiger partial charge in [0.15, 0.2) is 0 Å². The lowest BCUT2D eigenvalue weighted by Crippen LogP contribution is -2.52. The van der Waals surface area contributed by atoms with E-state index < -0.39 is 6.04 Å². The fraction of sp³-hybridized carbons (Fsp3) is 0.579. The second kappa shape index (κ2) is 8.85. The van der Waals surface area contributed by atoms with E-state index in [9.17, 15) is 9.59 Å². The molecule has 2 saturated heterocycles. The maximum atomic E-state index is 12.4. The van der Waals surface area contributed by atoms with Crippen LogP contribution in [0.4, 0.5) is 4.79 Å². The van der Waals surface area contributed by atoms with Gasteiger partial charge in [0.25, 0.3) is 0 Å². The van der Waals surface area contributed by atoms with E-state index in [2.05, 4.69) is 22.8 Å². The molecule has 2 heterocycles. The Labute approximate surface area is 148 Å². The van der Waals surface area contributed by atoms with Crippen LogP contribution in [0.5, 0.6) is 0 Å². The first-order valence-electron chi connectivity index (χ1n) is 9.21. The van der Waals surface area contributed by atoms with E-state index in [1.54, 1.807) is 4.90 Å². The van der Waals surface area contributed by atoms with Gasteiger partial charge in [-0.1, -0.05) is 30.3 Å². The second-order valence-electron chi connectivity index (χ2n) is 6.77. The molecule has 25 heavy (non-hydrogen) atoms. The molecule has 1 aromatic carbocycles.